The summed E-state index contributed by atoms with van der Waals surface area (Å²) in [7, 11) is 1.56. The van der Waals surface area contributed by atoms with E-state index in [-0.39, 0.29) is 23.6 Å². The van der Waals surface area contributed by atoms with Crippen LogP contribution in [0.2, 0.25) is 5.02 Å². The highest BCUT2D eigenvalue weighted by Crippen LogP contribution is 2.42. The number of fused-ring (bicyclic) bond motifs is 2. The number of amides is 1. The van der Waals surface area contributed by atoms with Crippen molar-refractivity contribution < 1.29 is 18.7 Å². The Morgan fingerprint density at radius 2 is 1.68 bits per heavy atom. The molecule has 0 saturated heterocycles. The monoisotopic (exact) mass is 551 g/mol. The Morgan fingerprint density at radius 1 is 0.900 bits per heavy atom. The van der Waals surface area contributed by atoms with E-state index >= 15 is 0 Å². The first kappa shape index (κ1) is 25.7. The molecule has 0 radical (unpaired) electrons. The van der Waals surface area contributed by atoms with Crippen LogP contribution < -0.4 is 14.9 Å². The fraction of sp³-hybridized carbons (Fsp3) is 0.152. The van der Waals surface area contributed by atoms with Crippen molar-refractivity contribution in [3.8, 4) is 11.5 Å². The summed E-state index contributed by atoms with van der Waals surface area (Å²) in [6, 6.07) is 27.3. The van der Waals surface area contributed by atoms with E-state index in [9.17, 15) is 9.59 Å². The van der Waals surface area contributed by atoms with Crippen LogP contribution in [0.3, 0.4) is 0 Å². The molecule has 1 atom stereocenters. The van der Waals surface area contributed by atoms with Crippen molar-refractivity contribution >= 4 is 28.5 Å². The smallest absolute Gasteiger partial charge is 0.291 e. The number of halogens is 1. The molecule has 1 aliphatic rings. The lowest BCUT2D eigenvalue weighted by molar-refractivity contribution is 0.0714. The lowest BCUT2D eigenvalue weighted by Gasteiger charge is -2.26. The molecule has 6 rings (SSSR count). The van der Waals surface area contributed by atoms with Crippen LogP contribution in [0.4, 0.5) is 0 Å². The Balaban J connectivity index is 1.46. The summed E-state index contributed by atoms with van der Waals surface area (Å²) < 4.78 is 17.8. The summed E-state index contributed by atoms with van der Waals surface area (Å²) in [5.74, 6) is 0.719. The summed E-state index contributed by atoms with van der Waals surface area (Å²) in [6.45, 7) is 2.48. The molecule has 5 aromatic rings. The molecule has 2 heterocycles. The molecule has 0 fully saturated rings. The van der Waals surface area contributed by atoms with E-state index in [4.69, 9.17) is 25.5 Å². The zero-order chi connectivity index (χ0) is 27.8. The van der Waals surface area contributed by atoms with Crippen LogP contribution in [-0.2, 0) is 13.2 Å². The van der Waals surface area contributed by atoms with Gasteiger partial charge in [0.25, 0.3) is 5.91 Å². The number of carbonyl (C=O) groups is 1. The first-order chi connectivity index (χ1) is 19.4. The van der Waals surface area contributed by atoms with Gasteiger partial charge in [0.2, 0.25) is 5.76 Å². The number of hydrogen-bond acceptors (Lipinski definition) is 5. The zero-order valence-electron chi connectivity index (χ0n) is 22.0. The van der Waals surface area contributed by atoms with Crippen molar-refractivity contribution in [1.82, 2.24) is 4.90 Å². The molecule has 6 nitrogen and oxygen atoms in total. The average molecular weight is 552 g/mol. The molecule has 0 N–H and O–H groups in total. The van der Waals surface area contributed by atoms with Gasteiger partial charge in [0.15, 0.2) is 16.9 Å². The van der Waals surface area contributed by atoms with Gasteiger partial charge in [-0.25, -0.2) is 0 Å². The van der Waals surface area contributed by atoms with Gasteiger partial charge in [-0.3, -0.25) is 9.59 Å². The van der Waals surface area contributed by atoms with Gasteiger partial charge in [0.05, 0.1) is 24.1 Å². The Bertz CT molecular complexity index is 1800. The Labute approximate surface area is 236 Å². The van der Waals surface area contributed by atoms with Gasteiger partial charge in [-0.1, -0.05) is 77.8 Å². The van der Waals surface area contributed by atoms with E-state index in [1.165, 1.54) is 0 Å². The number of nitrogens with zero attached hydrogens (tertiary/aromatic N) is 1. The van der Waals surface area contributed by atoms with Crippen molar-refractivity contribution in [2.45, 2.75) is 26.1 Å². The number of methoxy groups -OCH3 is 1. The number of ether oxygens (including phenoxy) is 2. The molecule has 0 saturated carbocycles. The topological polar surface area (TPSA) is 69.0 Å². The van der Waals surface area contributed by atoms with Gasteiger partial charge in [-0.2, -0.15) is 0 Å². The first-order valence-corrected chi connectivity index (χ1v) is 13.3. The van der Waals surface area contributed by atoms with Gasteiger partial charge in [0.1, 0.15) is 12.2 Å². The predicted molar refractivity (Wildman–Crippen MR) is 154 cm³/mol. The Kier molecular flexibility index (Phi) is 6.78. The number of rotatable bonds is 7. The largest absolute Gasteiger partial charge is 0.493 e. The molecule has 1 aromatic heterocycles. The highest BCUT2D eigenvalue weighted by atomic mass is 35.5. The van der Waals surface area contributed by atoms with E-state index in [2.05, 4.69) is 0 Å². The SMILES string of the molecule is COc1cc(C2c3c(oc4ccc(C)cc4c3=O)C(=O)N2Cc2ccccc2Cl)ccc1OCc1ccccc1. The quantitative estimate of drug-likeness (QED) is 0.216. The van der Waals surface area contributed by atoms with Crippen molar-refractivity contribution in [1.29, 1.82) is 0 Å². The molecular formula is C33H26ClNO5. The van der Waals surface area contributed by atoms with Crippen LogP contribution in [0.25, 0.3) is 11.0 Å². The van der Waals surface area contributed by atoms with Gasteiger partial charge < -0.3 is 18.8 Å². The Hall–Kier alpha value is -4.55. The molecule has 1 aliphatic heterocycles. The number of hydrogen-bond donors (Lipinski definition) is 0. The summed E-state index contributed by atoms with van der Waals surface area (Å²) in [5.41, 5.74) is 3.85. The number of aryl methyl sites for hydroxylation is 1. The lowest BCUT2D eigenvalue weighted by atomic mass is 9.97. The van der Waals surface area contributed by atoms with Gasteiger partial charge >= 0.3 is 0 Å². The minimum atomic E-state index is -0.711. The van der Waals surface area contributed by atoms with Crippen molar-refractivity contribution in [2.24, 2.45) is 0 Å². The van der Waals surface area contributed by atoms with E-state index < -0.39 is 6.04 Å². The molecule has 7 heteroatoms. The third kappa shape index (κ3) is 4.61. The zero-order valence-corrected chi connectivity index (χ0v) is 22.8. The fourth-order valence-corrected chi connectivity index (χ4v) is 5.36. The van der Waals surface area contributed by atoms with Crippen LogP contribution in [0.15, 0.2) is 100 Å². The summed E-state index contributed by atoms with van der Waals surface area (Å²) in [4.78, 5) is 29.4. The van der Waals surface area contributed by atoms with Crippen LogP contribution in [0.1, 0.15) is 44.4 Å². The van der Waals surface area contributed by atoms with Crippen LogP contribution in [0, 0.1) is 6.92 Å². The van der Waals surface area contributed by atoms with Crippen molar-refractivity contribution in [2.75, 3.05) is 7.11 Å². The third-order valence-corrected chi connectivity index (χ3v) is 7.53. The maximum Gasteiger partial charge on any atom is 0.291 e. The van der Waals surface area contributed by atoms with E-state index in [1.54, 1.807) is 36.3 Å². The first-order valence-electron chi connectivity index (χ1n) is 12.9. The number of carbonyl (C=O) groups excluding carboxylic acids is 1. The molecular weight excluding hydrogens is 526 g/mol. The van der Waals surface area contributed by atoms with Gasteiger partial charge in [-0.05, 0) is 53.9 Å². The molecule has 1 unspecified atom stereocenters. The second-order valence-electron chi connectivity index (χ2n) is 9.79. The fourth-order valence-electron chi connectivity index (χ4n) is 5.16. The lowest BCUT2D eigenvalue weighted by Crippen LogP contribution is -2.29. The summed E-state index contributed by atoms with van der Waals surface area (Å²) in [5, 5.41) is 0.971. The molecule has 0 aliphatic carbocycles. The van der Waals surface area contributed by atoms with Crippen LogP contribution in [0.5, 0.6) is 11.5 Å². The molecule has 4 aromatic carbocycles. The predicted octanol–water partition coefficient (Wildman–Crippen LogP) is 7.09. The summed E-state index contributed by atoms with van der Waals surface area (Å²) in [6.07, 6.45) is 0. The standard InChI is InChI=1S/C33H26ClNO5/c1-20-12-14-26-24(16-20)31(36)29-30(35(33(37)32(29)40-26)18-23-10-6-7-11-25(23)34)22-13-15-27(28(17-22)38-2)39-19-21-8-4-3-5-9-21/h3-17,30H,18-19H2,1-2H3. The van der Waals surface area contributed by atoms with Gasteiger partial charge in [0, 0.05) is 11.6 Å². The normalized spacial score (nSPS) is 14.4. The second-order valence-corrected chi connectivity index (χ2v) is 10.2. The highest BCUT2D eigenvalue weighted by molar-refractivity contribution is 6.31. The van der Waals surface area contributed by atoms with Crippen molar-refractivity contribution in [3.63, 3.8) is 0 Å². The molecule has 0 spiro atoms. The van der Waals surface area contributed by atoms with Crippen molar-refractivity contribution in [3.05, 3.63) is 140 Å². The molecule has 40 heavy (non-hydrogen) atoms. The number of benzene rings is 4. The average Bonchev–Trinajstić information content (AvgIpc) is 3.25. The van der Waals surface area contributed by atoms with E-state index in [1.807, 2.05) is 73.7 Å². The highest BCUT2D eigenvalue weighted by Gasteiger charge is 2.43. The molecule has 0 bridgehead atoms. The van der Waals surface area contributed by atoms with Crippen LogP contribution >= 0.6 is 11.6 Å². The molecule has 200 valence electrons. The van der Waals surface area contributed by atoms with E-state index in [0.717, 1.165) is 16.7 Å². The Morgan fingerprint density at radius 3 is 2.45 bits per heavy atom. The second kappa shape index (κ2) is 10.5. The van der Waals surface area contributed by atoms with Crippen LogP contribution in [-0.4, -0.2) is 17.9 Å². The molecule has 1 amide bonds. The minimum absolute atomic E-state index is 0.0433. The minimum Gasteiger partial charge on any atom is -0.493 e. The summed E-state index contributed by atoms with van der Waals surface area (Å²) >= 11 is 6.48. The van der Waals surface area contributed by atoms with E-state index in [0.29, 0.717) is 45.2 Å². The maximum absolute atomic E-state index is 13.9. The third-order valence-electron chi connectivity index (χ3n) is 7.16. The van der Waals surface area contributed by atoms with Gasteiger partial charge in [-0.15, -0.1) is 0 Å². The maximum atomic E-state index is 13.9.